The largest absolute Gasteiger partial charge is 0.381 e. The van der Waals surface area contributed by atoms with Gasteiger partial charge in [0.05, 0.1) is 19.3 Å². The van der Waals surface area contributed by atoms with Gasteiger partial charge in [0, 0.05) is 12.6 Å². The summed E-state index contributed by atoms with van der Waals surface area (Å²) in [6.07, 6.45) is 3.19. The summed E-state index contributed by atoms with van der Waals surface area (Å²) < 4.78 is 11.3. The predicted octanol–water partition coefficient (Wildman–Crippen LogP) is 2.05. The highest BCUT2D eigenvalue weighted by Gasteiger charge is 2.28. The molecule has 0 bridgehead atoms. The second-order valence-corrected chi connectivity index (χ2v) is 5.33. The third-order valence-corrected chi connectivity index (χ3v) is 4.15. The molecule has 0 saturated carbocycles. The molecule has 1 saturated heterocycles. The Morgan fingerprint density at radius 1 is 1.28 bits per heavy atom. The van der Waals surface area contributed by atoms with E-state index >= 15 is 0 Å². The van der Waals surface area contributed by atoms with E-state index in [1.807, 2.05) is 0 Å². The van der Waals surface area contributed by atoms with Crippen molar-refractivity contribution in [3.05, 3.63) is 35.4 Å². The van der Waals surface area contributed by atoms with E-state index in [0.717, 1.165) is 39.1 Å². The molecule has 0 spiro atoms. The van der Waals surface area contributed by atoms with E-state index in [-0.39, 0.29) is 12.1 Å². The minimum absolute atomic E-state index is 0.172. The zero-order chi connectivity index (χ0) is 12.4. The summed E-state index contributed by atoms with van der Waals surface area (Å²) in [7, 11) is 0. The van der Waals surface area contributed by atoms with E-state index in [0.29, 0.717) is 5.92 Å². The fourth-order valence-electron chi connectivity index (χ4n) is 3.00. The zero-order valence-electron chi connectivity index (χ0n) is 10.7. The predicted molar refractivity (Wildman–Crippen MR) is 70.4 cm³/mol. The van der Waals surface area contributed by atoms with Crippen LogP contribution in [0.1, 0.15) is 30.1 Å². The van der Waals surface area contributed by atoms with E-state index in [2.05, 4.69) is 24.3 Å². The first-order valence-corrected chi connectivity index (χ1v) is 6.87. The maximum atomic E-state index is 6.31. The van der Waals surface area contributed by atoms with Crippen LogP contribution >= 0.6 is 0 Å². The van der Waals surface area contributed by atoms with Crippen LogP contribution in [0.5, 0.6) is 0 Å². The van der Waals surface area contributed by atoms with Gasteiger partial charge in [-0.25, -0.2) is 0 Å². The minimum Gasteiger partial charge on any atom is -0.381 e. The molecule has 2 heterocycles. The van der Waals surface area contributed by atoms with Crippen molar-refractivity contribution in [1.29, 1.82) is 0 Å². The molecule has 98 valence electrons. The van der Waals surface area contributed by atoms with Gasteiger partial charge < -0.3 is 15.2 Å². The molecule has 3 atom stereocenters. The standard InChI is InChI=1S/C15H21NO2/c16-14(12-5-7-17-10-12)9-15-13-4-2-1-3-11(13)6-8-18-15/h1-4,12,14-15H,5-10,16H2. The van der Waals surface area contributed by atoms with Gasteiger partial charge in [0.2, 0.25) is 0 Å². The molecular formula is C15H21NO2. The molecule has 3 heteroatoms. The number of nitrogens with two attached hydrogens (primary N) is 1. The van der Waals surface area contributed by atoms with Crippen LogP contribution < -0.4 is 5.73 Å². The van der Waals surface area contributed by atoms with Crippen molar-refractivity contribution in [3.63, 3.8) is 0 Å². The molecular weight excluding hydrogens is 226 g/mol. The van der Waals surface area contributed by atoms with E-state index in [1.165, 1.54) is 11.1 Å². The topological polar surface area (TPSA) is 44.5 Å². The van der Waals surface area contributed by atoms with Crippen LogP contribution in [-0.4, -0.2) is 25.9 Å². The number of fused-ring (bicyclic) bond motifs is 1. The van der Waals surface area contributed by atoms with Crippen molar-refractivity contribution in [2.45, 2.75) is 31.4 Å². The lowest BCUT2D eigenvalue weighted by molar-refractivity contribution is 0.0274. The Morgan fingerprint density at radius 3 is 3.00 bits per heavy atom. The van der Waals surface area contributed by atoms with Crippen LogP contribution in [0.15, 0.2) is 24.3 Å². The highest BCUT2D eigenvalue weighted by molar-refractivity contribution is 5.31. The molecule has 3 unspecified atom stereocenters. The maximum absolute atomic E-state index is 6.31. The summed E-state index contributed by atoms with van der Waals surface area (Å²) in [4.78, 5) is 0. The Hall–Kier alpha value is -0.900. The molecule has 2 aliphatic heterocycles. The van der Waals surface area contributed by atoms with Crippen LogP contribution in [0.25, 0.3) is 0 Å². The molecule has 1 fully saturated rings. The van der Waals surface area contributed by atoms with Gasteiger partial charge in [0.1, 0.15) is 0 Å². The lowest BCUT2D eigenvalue weighted by atomic mass is 9.89. The number of hydrogen-bond donors (Lipinski definition) is 1. The number of ether oxygens (including phenoxy) is 2. The Kier molecular flexibility index (Phi) is 3.64. The van der Waals surface area contributed by atoms with Crippen LogP contribution in [-0.2, 0) is 15.9 Å². The van der Waals surface area contributed by atoms with Crippen molar-refractivity contribution in [3.8, 4) is 0 Å². The quantitative estimate of drug-likeness (QED) is 0.889. The molecule has 0 radical (unpaired) electrons. The van der Waals surface area contributed by atoms with Crippen LogP contribution in [0, 0.1) is 5.92 Å². The van der Waals surface area contributed by atoms with Gasteiger partial charge in [0.15, 0.2) is 0 Å². The summed E-state index contributed by atoms with van der Waals surface area (Å²) in [5.74, 6) is 0.502. The van der Waals surface area contributed by atoms with Gasteiger partial charge in [0.25, 0.3) is 0 Å². The average Bonchev–Trinajstić information content (AvgIpc) is 2.93. The molecule has 0 aromatic heterocycles. The molecule has 3 nitrogen and oxygen atoms in total. The summed E-state index contributed by atoms with van der Waals surface area (Å²) in [6, 6.07) is 8.76. The van der Waals surface area contributed by atoms with Crippen molar-refractivity contribution in [2.24, 2.45) is 11.7 Å². The van der Waals surface area contributed by atoms with Gasteiger partial charge in [-0.05, 0) is 36.3 Å². The maximum Gasteiger partial charge on any atom is 0.0842 e. The highest BCUT2D eigenvalue weighted by Crippen LogP contribution is 2.32. The molecule has 1 aromatic carbocycles. The molecule has 2 N–H and O–H groups in total. The third-order valence-electron chi connectivity index (χ3n) is 4.15. The molecule has 1 aromatic rings. The second kappa shape index (κ2) is 5.39. The first-order valence-electron chi connectivity index (χ1n) is 6.87. The van der Waals surface area contributed by atoms with Gasteiger partial charge in [-0.2, -0.15) is 0 Å². The number of hydrogen-bond acceptors (Lipinski definition) is 3. The van der Waals surface area contributed by atoms with Crippen molar-refractivity contribution in [2.75, 3.05) is 19.8 Å². The summed E-state index contributed by atoms with van der Waals surface area (Å²) in [5.41, 5.74) is 9.06. The number of benzene rings is 1. The first-order chi connectivity index (χ1) is 8.84. The zero-order valence-corrected chi connectivity index (χ0v) is 10.7. The first kappa shape index (κ1) is 12.2. The third kappa shape index (κ3) is 2.44. The van der Waals surface area contributed by atoms with E-state index in [9.17, 15) is 0 Å². The van der Waals surface area contributed by atoms with Crippen LogP contribution in [0.2, 0.25) is 0 Å². The summed E-state index contributed by atoms with van der Waals surface area (Å²) >= 11 is 0. The molecule has 3 rings (SSSR count). The lowest BCUT2D eigenvalue weighted by Crippen LogP contribution is -2.33. The van der Waals surface area contributed by atoms with Crippen molar-refractivity contribution < 1.29 is 9.47 Å². The molecule has 18 heavy (non-hydrogen) atoms. The Labute approximate surface area is 108 Å². The SMILES string of the molecule is NC(CC1OCCc2ccccc21)C1CCOC1. The lowest BCUT2D eigenvalue weighted by Gasteiger charge is -2.29. The Bertz CT molecular complexity index is 401. The van der Waals surface area contributed by atoms with Crippen molar-refractivity contribution in [1.82, 2.24) is 0 Å². The molecule has 0 aliphatic carbocycles. The Morgan fingerprint density at radius 2 is 2.17 bits per heavy atom. The summed E-state index contributed by atoms with van der Waals surface area (Å²) in [5, 5.41) is 0. The van der Waals surface area contributed by atoms with Crippen LogP contribution in [0.3, 0.4) is 0 Å². The van der Waals surface area contributed by atoms with Crippen LogP contribution in [0.4, 0.5) is 0 Å². The highest BCUT2D eigenvalue weighted by atomic mass is 16.5. The van der Waals surface area contributed by atoms with Gasteiger partial charge in [-0.15, -0.1) is 0 Å². The average molecular weight is 247 g/mol. The van der Waals surface area contributed by atoms with E-state index in [4.69, 9.17) is 15.2 Å². The fourth-order valence-corrected chi connectivity index (χ4v) is 3.00. The van der Waals surface area contributed by atoms with Gasteiger partial charge in [-0.1, -0.05) is 24.3 Å². The van der Waals surface area contributed by atoms with Gasteiger partial charge in [-0.3, -0.25) is 0 Å². The molecule has 2 aliphatic rings. The van der Waals surface area contributed by atoms with Gasteiger partial charge >= 0.3 is 0 Å². The monoisotopic (exact) mass is 247 g/mol. The second-order valence-electron chi connectivity index (χ2n) is 5.33. The number of rotatable bonds is 3. The smallest absolute Gasteiger partial charge is 0.0842 e. The normalized spacial score (nSPS) is 28.9. The van der Waals surface area contributed by atoms with E-state index in [1.54, 1.807) is 0 Å². The van der Waals surface area contributed by atoms with Crippen molar-refractivity contribution >= 4 is 0 Å². The van der Waals surface area contributed by atoms with E-state index < -0.39 is 0 Å². The Balaban J connectivity index is 1.70. The minimum atomic E-state index is 0.172. The summed E-state index contributed by atoms with van der Waals surface area (Å²) in [6.45, 7) is 2.49. The molecule has 0 amide bonds. The fraction of sp³-hybridized carbons (Fsp3) is 0.600.